The molecule has 0 bridgehead atoms. The lowest BCUT2D eigenvalue weighted by Gasteiger charge is -2.13. The van der Waals surface area contributed by atoms with Crippen molar-refractivity contribution in [1.29, 1.82) is 0 Å². The number of hydrogen-bond acceptors (Lipinski definition) is 5. The van der Waals surface area contributed by atoms with E-state index in [4.69, 9.17) is 22.1 Å². The molecule has 0 aliphatic heterocycles. The Morgan fingerprint density at radius 1 is 1.42 bits per heavy atom. The van der Waals surface area contributed by atoms with Crippen LogP contribution < -0.4 is 16.4 Å². The molecule has 104 valence electrons. The molecule has 19 heavy (non-hydrogen) atoms. The number of carbonyl (C=O) groups excluding carboxylic acids is 2. The molecule has 0 saturated carbocycles. The summed E-state index contributed by atoms with van der Waals surface area (Å²) in [5.74, 6) is -0.779. The average molecular weight is 286 g/mol. The van der Waals surface area contributed by atoms with Crippen molar-refractivity contribution >= 4 is 34.9 Å². The number of amides is 1. The van der Waals surface area contributed by atoms with Crippen LogP contribution >= 0.6 is 11.6 Å². The molecule has 1 aromatic rings. The van der Waals surface area contributed by atoms with Crippen LogP contribution in [0, 0.1) is 0 Å². The Morgan fingerprint density at radius 2 is 2.11 bits per heavy atom. The topological polar surface area (TPSA) is 93.4 Å². The molecule has 0 radical (unpaired) electrons. The van der Waals surface area contributed by atoms with Crippen molar-refractivity contribution in [2.75, 3.05) is 31.2 Å². The quantitative estimate of drug-likeness (QED) is 0.559. The van der Waals surface area contributed by atoms with Gasteiger partial charge in [-0.2, -0.15) is 0 Å². The van der Waals surface area contributed by atoms with Gasteiger partial charge in [0.25, 0.3) is 0 Å². The van der Waals surface area contributed by atoms with Gasteiger partial charge in [0, 0.05) is 12.7 Å². The van der Waals surface area contributed by atoms with Gasteiger partial charge in [0.1, 0.15) is 0 Å². The highest BCUT2D eigenvalue weighted by atomic mass is 35.5. The Morgan fingerprint density at radius 3 is 2.68 bits per heavy atom. The zero-order chi connectivity index (χ0) is 14.4. The maximum absolute atomic E-state index is 11.8. The van der Waals surface area contributed by atoms with E-state index in [-0.39, 0.29) is 29.6 Å². The van der Waals surface area contributed by atoms with Crippen LogP contribution in [0.2, 0.25) is 5.02 Å². The summed E-state index contributed by atoms with van der Waals surface area (Å²) in [5, 5.41) is 5.51. The molecule has 0 aliphatic carbocycles. The summed E-state index contributed by atoms with van der Waals surface area (Å²) in [7, 11) is 1.51. The van der Waals surface area contributed by atoms with Crippen molar-refractivity contribution in [1.82, 2.24) is 5.32 Å². The van der Waals surface area contributed by atoms with Crippen LogP contribution in [-0.4, -0.2) is 32.1 Å². The molecular weight excluding hydrogens is 270 g/mol. The van der Waals surface area contributed by atoms with Crippen molar-refractivity contribution in [3.63, 3.8) is 0 Å². The van der Waals surface area contributed by atoms with Gasteiger partial charge < -0.3 is 21.1 Å². The molecule has 0 atom stereocenters. The fourth-order valence-electron chi connectivity index (χ4n) is 1.43. The number of rotatable bonds is 5. The number of benzene rings is 1. The fourth-order valence-corrected chi connectivity index (χ4v) is 1.73. The van der Waals surface area contributed by atoms with E-state index in [9.17, 15) is 9.59 Å². The average Bonchev–Trinajstić information content (AvgIpc) is 2.36. The lowest BCUT2D eigenvalue weighted by molar-refractivity contribution is -0.118. The summed E-state index contributed by atoms with van der Waals surface area (Å²) in [6.07, 6.45) is 0. The second-order valence-corrected chi connectivity index (χ2v) is 4.08. The Labute approximate surface area is 116 Å². The highest BCUT2D eigenvalue weighted by Gasteiger charge is 2.17. The Kier molecular flexibility index (Phi) is 5.44. The minimum absolute atomic E-state index is 0.00740. The molecule has 1 rings (SSSR count). The summed E-state index contributed by atoms with van der Waals surface area (Å²) in [4.78, 5) is 23.0. The Balaban J connectivity index is 3.06. The molecule has 6 nitrogen and oxygen atoms in total. The molecule has 0 spiro atoms. The van der Waals surface area contributed by atoms with Gasteiger partial charge >= 0.3 is 5.97 Å². The SMILES string of the molecule is CCOC(=O)c1cc(N)cc(Cl)c1NCC(=O)NC. The first kappa shape index (κ1) is 15.1. The number of esters is 1. The van der Waals surface area contributed by atoms with E-state index < -0.39 is 5.97 Å². The predicted molar refractivity (Wildman–Crippen MR) is 74.4 cm³/mol. The molecule has 7 heteroatoms. The first-order valence-electron chi connectivity index (χ1n) is 5.70. The summed E-state index contributed by atoms with van der Waals surface area (Å²) in [5.41, 5.74) is 6.53. The van der Waals surface area contributed by atoms with E-state index in [1.807, 2.05) is 0 Å². The van der Waals surface area contributed by atoms with E-state index in [1.54, 1.807) is 6.92 Å². The normalized spacial score (nSPS) is 9.84. The number of nitrogens with two attached hydrogens (primary N) is 1. The number of ether oxygens (including phenoxy) is 1. The molecule has 0 fully saturated rings. The molecule has 0 saturated heterocycles. The fraction of sp³-hybridized carbons (Fsp3) is 0.333. The molecule has 1 amide bonds. The number of nitrogens with one attached hydrogen (secondary N) is 2. The Bertz CT molecular complexity index is 491. The van der Waals surface area contributed by atoms with Crippen molar-refractivity contribution in [2.45, 2.75) is 6.92 Å². The van der Waals surface area contributed by atoms with Gasteiger partial charge in [-0.15, -0.1) is 0 Å². The molecule has 0 heterocycles. The number of carbonyl (C=O) groups is 2. The van der Waals surface area contributed by atoms with Crippen LogP contribution in [0.15, 0.2) is 12.1 Å². The molecule has 4 N–H and O–H groups in total. The summed E-state index contributed by atoms with van der Waals surface area (Å²) < 4.78 is 4.92. The lowest BCUT2D eigenvalue weighted by Crippen LogP contribution is -2.27. The largest absolute Gasteiger partial charge is 0.462 e. The number of halogens is 1. The third-order valence-electron chi connectivity index (χ3n) is 2.31. The zero-order valence-electron chi connectivity index (χ0n) is 10.7. The first-order chi connectivity index (χ1) is 8.99. The molecule has 1 aromatic carbocycles. The van der Waals surface area contributed by atoms with Crippen LogP contribution in [0.4, 0.5) is 11.4 Å². The highest BCUT2D eigenvalue weighted by Crippen LogP contribution is 2.29. The van der Waals surface area contributed by atoms with E-state index in [2.05, 4.69) is 10.6 Å². The monoisotopic (exact) mass is 285 g/mol. The number of anilines is 2. The van der Waals surface area contributed by atoms with Crippen LogP contribution in [0.1, 0.15) is 17.3 Å². The second-order valence-electron chi connectivity index (χ2n) is 3.67. The van der Waals surface area contributed by atoms with Gasteiger partial charge in [-0.25, -0.2) is 4.79 Å². The predicted octanol–water partition coefficient (Wildman–Crippen LogP) is 1.26. The third kappa shape index (κ3) is 4.03. The van der Waals surface area contributed by atoms with E-state index in [0.717, 1.165) is 0 Å². The minimum atomic E-state index is -0.545. The van der Waals surface area contributed by atoms with Crippen LogP contribution in [0.5, 0.6) is 0 Å². The van der Waals surface area contributed by atoms with Crippen LogP contribution in [0.3, 0.4) is 0 Å². The van der Waals surface area contributed by atoms with Gasteiger partial charge in [-0.1, -0.05) is 11.6 Å². The van der Waals surface area contributed by atoms with Crippen molar-refractivity contribution in [2.24, 2.45) is 0 Å². The van der Waals surface area contributed by atoms with Crippen molar-refractivity contribution < 1.29 is 14.3 Å². The van der Waals surface area contributed by atoms with E-state index in [1.165, 1.54) is 19.2 Å². The lowest BCUT2D eigenvalue weighted by atomic mass is 10.1. The smallest absolute Gasteiger partial charge is 0.340 e. The maximum Gasteiger partial charge on any atom is 0.340 e. The van der Waals surface area contributed by atoms with Crippen molar-refractivity contribution in [3.05, 3.63) is 22.7 Å². The number of likely N-dealkylation sites (N-methyl/N-ethyl adjacent to an activating group) is 1. The van der Waals surface area contributed by atoms with E-state index in [0.29, 0.717) is 11.4 Å². The number of hydrogen-bond donors (Lipinski definition) is 3. The third-order valence-corrected chi connectivity index (χ3v) is 2.61. The van der Waals surface area contributed by atoms with Gasteiger partial charge in [-0.3, -0.25) is 4.79 Å². The molecule has 0 unspecified atom stereocenters. The van der Waals surface area contributed by atoms with Crippen LogP contribution in [0.25, 0.3) is 0 Å². The van der Waals surface area contributed by atoms with Gasteiger partial charge in [0.05, 0.1) is 29.4 Å². The van der Waals surface area contributed by atoms with Gasteiger partial charge in [-0.05, 0) is 19.1 Å². The Hall–Kier alpha value is -1.95. The maximum atomic E-state index is 11.8. The standard InChI is InChI=1S/C12H16ClN3O3/c1-3-19-12(18)8-4-7(14)5-9(13)11(8)16-6-10(17)15-2/h4-5,16H,3,6,14H2,1-2H3,(H,15,17). The van der Waals surface area contributed by atoms with Crippen LogP contribution in [-0.2, 0) is 9.53 Å². The molecule has 0 aliphatic rings. The number of nitrogen functional groups attached to an aromatic ring is 1. The van der Waals surface area contributed by atoms with Gasteiger partial charge in [0.2, 0.25) is 5.91 Å². The first-order valence-corrected chi connectivity index (χ1v) is 6.08. The summed E-state index contributed by atoms with van der Waals surface area (Å²) >= 11 is 6.02. The zero-order valence-corrected chi connectivity index (χ0v) is 11.5. The highest BCUT2D eigenvalue weighted by molar-refractivity contribution is 6.34. The minimum Gasteiger partial charge on any atom is -0.462 e. The van der Waals surface area contributed by atoms with Gasteiger partial charge in [0.15, 0.2) is 0 Å². The molecule has 0 aromatic heterocycles. The molecular formula is C12H16ClN3O3. The van der Waals surface area contributed by atoms with Crippen molar-refractivity contribution in [3.8, 4) is 0 Å². The summed E-state index contributed by atoms with van der Waals surface area (Å²) in [6, 6.07) is 2.95. The summed E-state index contributed by atoms with van der Waals surface area (Å²) in [6.45, 7) is 1.93. The van der Waals surface area contributed by atoms with E-state index >= 15 is 0 Å². The second kappa shape index (κ2) is 6.84.